The minimum Gasteiger partial charge on any atom is -0.493 e. The second-order valence-electron chi connectivity index (χ2n) is 8.68. The van der Waals surface area contributed by atoms with Crippen molar-refractivity contribution in [3.8, 4) is 5.75 Å². The van der Waals surface area contributed by atoms with Crippen molar-refractivity contribution in [2.24, 2.45) is 11.8 Å². The number of rotatable bonds is 12. The van der Waals surface area contributed by atoms with Crippen LogP contribution in [-0.2, 0) is 20.9 Å². The molecule has 1 aromatic rings. The van der Waals surface area contributed by atoms with Crippen molar-refractivity contribution in [1.29, 1.82) is 0 Å². The van der Waals surface area contributed by atoms with E-state index in [4.69, 9.17) is 30.9 Å². The standard InChI is InChI=1S/C25H36ClNO6/c26-23-16-24(29)22(18-33-20-8-6-19(17-28)7-9-20)21(23)4-2-1-3-5-25(30)32-15-12-27-10-13-31-14-11-27/h1-2,6-9,21-24,28-29H,3-5,10-18H2/b2-1-/t21-,22-,23-,24-/m1/s1. The number of carbonyl (C=O) groups excluding carboxylic acids is 1. The Morgan fingerprint density at radius 3 is 2.67 bits per heavy atom. The van der Waals surface area contributed by atoms with Gasteiger partial charge in [-0.1, -0.05) is 24.3 Å². The molecule has 0 aromatic heterocycles. The summed E-state index contributed by atoms with van der Waals surface area (Å²) >= 11 is 6.51. The van der Waals surface area contributed by atoms with E-state index in [2.05, 4.69) is 4.90 Å². The zero-order chi connectivity index (χ0) is 23.5. The summed E-state index contributed by atoms with van der Waals surface area (Å²) < 4.78 is 16.5. The van der Waals surface area contributed by atoms with E-state index in [-0.39, 0.29) is 29.8 Å². The lowest BCUT2D eigenvalue weighted by Crippen LogP contribution is -2.38. The van der Waals surface area contributed by atoms with Gasteiger partial charge < -0.3 is 24.4 Å². The molecule has 184 valence electrons. The Bertz CT molecular complexity index is 737. The molecule has 7 nitrogen and oxygen atoms in total. The maximum atomic E-state index is 11.9. The predicted octanol–water partition coefficient (Wildman–Crippen LogP) is 2.76. The average molecular weight is 482 g/mol. The fourth-order valence-corrected chi connectivity index (χ4v) is 4.80. The SMILES string of the molecule is O=C(CC/C=C\C[C@@H]1[C@@H](COc2ccc(CO)cc2)[C@H](O)C[C@H]1Cl)OCCN1CCOCC1. The summed E-state index contributed by atoms with van der Waals surface area (Å²) in [5.41, 5.74) is 0.827. The van der Waals surface area contributed by atoms with Gasteiger partial charge in [-0.05, 0) is 42.9 Å². The van der Waals surface area contributed by atoms with Gasteiger partial charge >= 0.3 is 5.97 Å². The Morgan fingerprint density at radius 1 is 1.18 bits per heavy atom. The van der Waals surface area contributed by atoms with Crippen LogP contribution in [0.1, 0.15) is 31.2 Å². The molecular weight excluding hydrogens is 446 g/mol. The number of aliphatic hydroxyl groups excluding tert-OH is 2. The molecule has 1 aromatic carbocycles. The van der Waals surface area contributed by atoms with Gasteiger partial charge in [0.25, 0.3) is 0 Å². The van der Waals surface area contributed by atoms with Gasteiger partial charge in [-0.25, -0.2) is 0 Å². The van der Waals surface area contributed by atoms with Crippen molar-refractivity contribution in [3.63, 3.8) is 0 Å². The van der Waals surface area contributed by atoms with Crippen molar-refractivity contribution in [1.82, 2.24) is 4.90 Å². The van der Waals surface area contributed by atoms with E-state index >= 15 is 0 Å². The number of carbonyl (C=O) groups is 1. The van der Waals surface area contributed by atoms with Gasteiger partial charge in [0, 0.05) is 37.4 Å². The van der Waals surface area contributed by atoms with Crippen LogP contribution in [-0.4, -0.2) is 78.6 Å². The summed E-state index contributed by atoms with van der Waals surface area (Å²) in [6.45, 7) is 4.81. The zero-order valence-corrected chi connectivity index (χ0v) is 19.9. The summed E-state index contributed by atoms with van der Waals surface area (Å²) in [5.74, 6) is 0.576. The number of ether oxygens (including phenoxy) is 3. The lowest BCUT2D eigenvalue weighted by Gasteiger charge is -2.26. The van der Waals surface area contributed by atoms with Crippen molar-refractivity contribution >= 4 is 17.6 Å². The second kappa shape index (κ2) is 13.9. The van der Waals surface area contributed by atoms with Crippen LogP contribution in [0.4, 0.5) is 0 Å². The first-order chi connectivity index (χ1) is 16.1. The molecule has 0 bridgehead atoms. The van der Waals surface area contributed by atoms with Crippen molar-refractivity contribution in [3.05, 3.63) is 42.0 Å². The number of hydrogen-bond donors (Lipinski definition) is 2. The van der Waals surface area contributed by atoms with Gasteiger partial charge in [0.05, 0.1) is 32.5 Å². The summed E-state index contributed by atoms with van der Waals surface area (Å²) in [7, 11) is 0. The number of esters is 1. The maximum Gasteiger partial charge on any atom is 0.306 e. The molecule has 1 heterocycles. The highest BCUT2D eigenvalue weighted by Crippen LogP contribution is 2.39. The number of nitrogens with zero attached hydrogens (tertiary/aromatic N) is 1. The molecular formula is C25H36ClNO6. The van der Waals surface area contributed by atoms with Gasteiger partial charge in [-0.15, -0.1) is 11.6 Å². The van der Waals surface area contributed by atoms with Gasteiger partial charge in [-0.3, -0.25) is 9.69 Å². The highest BCUT2D eigenvalue weighted by atomic mass is 35.5. The third kappa shape index (κ3) is 8.58. The lowest BCUT2D eigenvalue weighted by molar-refractivity contribution is -0.144. The Kier molecular flexibility index (Phi) is 11.0. The molecule has 0 radical (unpaired) electrons. The smallest absolute Gasteiger partial charge is 0.306 e. The Morgan fingerprint density at radius 2 is 1.94 bits per heavy atom. The van der Waals surface area contributed by atoms with E-state index in [1.807, 2.05) is 36.4 Å². The predicted molar refractivity (Wildman–Crippen MR) is 126 cm³/mol. The summed E-state index contributed by atoms with van der Waals surface area (Å²) in [4.78, 5) is 14.2. The van der Waals surface area contributed by atoms with Gasteiger partial charge in [-0.2, -0.15) is 0 Å². The largest absolute Gasteiger partial charge is 0.493 e. The lowest BCUT2D eigenvalue weighted by atomic mass is 9.92. The molecule has 2 aliphatic rings. The number of halogens is 1. The summed E-state index contributed by atoms with van der Waals surface area (Å²) in [6, 6.07) is 7.28. The Balaban J connectivity index is 1.34. The van der Waals surface area contributed by atoms with E-state index in [1.165, 1.54) is 0 Å². The molecule has 1 aliphatic heterocycles. The summed E-state index contributed by atoms with van der Waals surface area (Å²) in [6.07, 6.45) is 5.79. The minimum absolute atomic E-state index is 0.00385. The number of alkyl halides is 1. The third-order valence-electron chi connectivity index (χ3n) is 6.39. The van der Waals surface area contributed by atoms with Crippen LogP contribution in [0.5, 0.6) is 5.75 Å². The molecule has 0 spiro atoms. The first-order valence-corrected chi connectivity index (χ1v) is 12.3. The van der Waals surface area contributed by atoms with Crippen molar-refractivity contribution in [2.75, 3.05) is 46.1 Å². The van der Waals surface area contributed by atoms with Gasteiger partial charge in [0.2, 0.25) is 0 Å². The molecule has 1 saturated carbocycles. The highest BCUT2D eigenvalue weighted by molar-refractivity contribution is 6.21. The van der Waals surface area contributed by atoms with Crippen LogP contribution in [0.15, 0.2) is 36.4 Å². The minimum atomic E-state index is -0.496. The first kappa shape index (κ1) is 26.0. The summed E-state index contributed by atoms with van der Waals surface area (Å²) in [5, 5.41) is 19.5. The first-order valence-electron chi connectivity index (χ1n) is 11.8. The number of hydrogen-bond acceptors (Lipinski definition) is 7. The second-order valence-corrected chi connectivity index (χ2v) is 9.24. The normalized spacial score (nSPS) is 26.0. The van der Waals surface area contributed by atoms with Crippen LogP contribution >= 0.6 is 11.6 Å². The molecule has 1 aliphatic carbocycles. The van der Waals surface area contributed by atoms with Crippen LogP contribution in [0.2, 0.25) is 0 Å². The topological polar surface area (TPSA) is 88.5 Å². The number of morpholine rings is 1. The molecule has 4 atom stereocenters. The molecule has 0 unspecified atom stereocenters. The van der Waals surface area contributed by atoms with E-state index in [1.54, 1.807) is 0 Å². The molecule has 8 heteroatoms. The van der Waals surface area contributed by atoms with E-state index < -0.39 is 6.10 Å². The van der Waals surface area contributed by atoms with Crippen LogP contribution in [0.25, 0.3) is 0 Å². The van der Waals surface area contributed by atoms with Crippen LogP contribution in [0.3, 0.4) is 0 Å². The molecule has 33 heavy (non-hydrogen) atoms. The van der Waals surface area contributed by atoms with E-state index in [0.717, 1.165) is 44.8 Å². The van der Waals surface area contributed by atoms with E-state index in [9.17, 15) is 9.90 Å². The fourth-order valence-electron chi connectivity index (χ4n) is 4.33. The quantitative estimate of drug-likeness (QED) is 0.269. The molecule has 2 N–H and O–H groups in total. The zero-order valence-electron chi connectivity index (χ0n) is 19.1. The maximum absolute atomic E-state index is 11.9. The van der Waals surface area contributed by atoms with Crippen molar-refractivity contribution < 1.29 is 29.2 Å². The van der Waals surface area contributed by atoms with Crippen LogP contribution in [0, 0.1) is 11.8 Å². The Labute approximate surface area is 201 Å². The monoisotopic (exact) mass is 481 g/mol. The molecule has 2 fully saturated rings. The number of aliphatic hydroxyl groups is 2. The molecule has 0 amide bonds. The fraction of sp³-hybridized carbons (Fsp3) is 0.640. The van der Waals surface area contributed by atoms with Gasteiger partial charge in [0.1, 0.15) is 12.4 Å². The molecule has 3 rings (SSSR count). The highest BCUT2D eigenvalue weighted by Gasteiger charge is 2.41. The number of benzene rings is 1. The van der Waals surface area contributed by atoms with Crippen LogP contribution < -0.4 is 4.74 Å². The van der Waals surface area contributed by atoms with Gasteiger partial charge in [0.15, 0.2) is 0 Å². The average Bonchev–Trinajstić information content (AvgIpc) is 3.10. The Hall–Kier alpha value is -1.64. The van der Waals surface area contributed by atoms with Crippen molar-refractivity contribution in [2.45, 2.75) is 43.8 Å². The third-order valence-corrected chi connectivity index (χ3v) is 6.89. The molecule has 1 saturated heterocycles. The van der Waals surface area contributed by atoms with E-state index in [0.29, 0.717) is 38.2 Å². The number of allylic oxidation sites excluding steroid dienone is 2.